The van der Waals surface area contributed by atoms with Crippen LogP contribution in [0.4, 0.5) is 4.39 Å². The molecule has 0 amide bonds. The van der Waals surface area contributed by atoms with Crippen LogP contribution in [-0.4, -0.2) is 19.7 Å². The molecular weight excluding hydrogens is 351 g/mol. The highest BCUT2D eigenvalue weighted by Gasteiger charge is 2.24. The van der Waals surface area contributed by atoms with Crippen molar-refractivity contribution in [2.24, 2.45) is 0 Å². The summed E-state index contributed by atoms with van der Waals surface area (Å²) in [6.07, 6.45) is 5.42. The fourth-order valence-electron chi connectivity index (χ4n) is 3.60. The van der Waals surface area contributed by atoms with Crippen LogP contribution < -0.4 is 0 Å². The predicted octanol–water partition coefficient (Wildman–Crippen LogP) is 4.90. The van der Waals surface area contributed by atoms with Crippen molar-refractivity contribution >= 4 is 22.6 Å². The third-order valence-corrected chi connectivity index (χ3v) is 5.08. The summed E-state index contributed by atoms with van der Waals surface area (Å²) in [5.41, 5.74) is 6.63. The van der Waals surface area contributed by atoms with Gasteiger partial charge in [-0.2, -0.15) is 5.10 Å². The topological polar surface area (TPSA) is 43.6 Å². The Balaban J connectivity index is 1.75. The third-order valence-electron chi connectivity index (χ3n) is 4.79. The molecule has 0 aliphatic carbocycles. The number of aryl methyl sites for hydroxylation is 1. The highest BCUT2D eigenvalue weighted by Crippen LogP contribution is 2.39. The van der Waals surface area contributed by atoms with Crippen molar-refractivity contribution in [3.63, 3.8) is 0 Å². The Bertz CT molecular complexity index is 1150. The second kappa shape index (κ2) is 5.88. The zero-order valence-electron chi connectivity index (χ0n) is 13.8. The molecule has 0 saturated heterocycles. The molecule has 0 fully saturated rings. The molecule has 0 saturated carbocycles. The number of hydrogen-bond donors (Lipinski definition) is 0. The highest BCUT2D eigenvalue weighted by atomic mass is 35.5. The minimum Gasteiger partial charge on any atom is -0.268 e. The van der Waals surface area contributed by atoms with Crippen LogP contribution in [0, 0.1) is 5.82 Å². The number of halogens is 2. The summed E-state index contributed by atoms with van der Waals surface area (Å²) >= 11 is 6.01. The Labute approximate surface area is 154 Å². The SMILES string of the molecule is Fc1ccc(-c2nn3c(c2-c2ccc4nccnc4c2)CCC3)cc1Cl. The van der Waals surface area contributed by atoms with E-state index < -0.39 is 5.82 Å². The smallest absolute Gasteiger partial charge is 0.141 e. The lowest BCUT2D eigenvalue weighted by Gasteiger charge is -2.07. The van der Waals surface area contributed by atoms with E-state index in [1.54, 1.807) is 24.5 Å². The zero-order chi connectivity index (χ0) is 17.7. The van der Waals surface area contributed by atoms with Gasteiger partial charge >= 0.3 is 0 Å². The van der Waals surface area contributed by atoms with Crippen LogP contribution in [0.2, 0.25) is 5.02 Å². The van der Waals surface area contributed by atoms with Gasteiger partial charge in [-0.05, 0) is 48.7 Å². The van der Waals surface area contributed by atoms with E-state index in [2.05, 4.69) is 9.97 Å². The molecule has 128 valence electrons. The number of hydrogen-bond acceptors (Lipinski definition) is 3. The van der Waals surface area contributed by atoms with Gasteiger partial charge in [-0.3, -0.25) is 14.6 Å². The van der Waals surface area contributed by atoms with Crippen LogP contribution in [-0.2, 0) is 13.0 Å². The van der Waals surface area contributed by atoms with E-state index in [9.17, 15) is 4.39 Å². The number of benzene rings is 2. The van der Waals surface area contributed by atoms with E-state index in [0.717, 1.165) is 52.8 Å². The van der Waals surface area contributed by atoms with Crippen molar-refractivity contribution in [2.75, 3.05) is 0 Å². The standard InChI is InChI=1S/C20H14ClFN4/c21-14-10-13(3-5-15(14)22)20-19(18-2-1-9-26(18)25-20)12-4-6-16-17(11-12)24-8-7-23-16/h3-8,10-11H,1-2,9H2. The molecule has 2 aromatic heterocycles. The number of fused-ring (bicyclic) bond motifs is 2. The van der Waals surface area contributed by atoms with Crippen molar-refractivity contribution in [1.82, 2.24) is 19.7 Å². The molecule has 3 heterocycles. The maximum absolute atomic E-state index is 13.6. The van der Waals surface area contributed by atoms with Gasteiger partial charge < -0.3 is 0 Å². The first-order valence-corrected chi connectivity index (χ1v) is 8.85. The van der Waals surface area contributed by atoms with Gasteiger partial charge in [-0.25, -0.2) is 4.39 Å². The first kappa shape index (κ1) is 15.5. The molecule has 0 atom stereocenters. The summed E-state index contributed by atoms with van der Waals surface area (Å²) in [4.78, 5) is 8.75. The summed E-state index contributed by atoms with van der Waals surface area (Å²) in [6, 6.07) is 10.8. The molecule has 5 rings (SSSR count). The summed E-state index contributed by atoms with van der Waals surface area (Å²) in [5, 5.41) is 4.89. The van der Waals surface area contributed by atoms with Crippen molar-refractivity contribution in [2.45, 2.75) is 19.4 Å². The molecule has 1 aliphatic rings. The summed E-state index contributed by atoms with van der Waals surface area (Å²) in [7, 11) is 0. The van der Waals surface area contributed by atoms with Gasteiger partial charge in [0.1, 0.15) is 11.5 Å². The molecule has 26 heavy (non-hydrogen) atoms. The lowest BCUT2D eigenvalue weighted by atomic mass is 9.97. The first-order valence-electron chi connectivity index (χ1n) is 8.47. The van der Waals surface area contributed by atoms with Gasteiger partial charge in [0.25, 0.3) is 0 Å². The molecular formula is C20H14ClFN4. The van der Waals surface area contributed by atoms with Gasteiger partial charge in [0, 0.05) is 35.8 Å². The van der Waals surface area contributed by atoms with E-state index in [4.69, 9.17) is 16.7 Å². The van der Waals surface area contributed by atoms with E-state index in [0.29, 0.717) is 0 Å². The fraction of sp³-hybridized carbons (Fsp3) is 0.150. The minimum absolute atomic E-state index is 0.103. The van der Waals surface area contributed by atoms with Crippen molar-refractivity contribution in [1.29, 1.82) is 0 Å². The van der Waals surface area contributed by atoms with E-state index in [1.807, 2.05) is 22.9 Å². The van der Waals surface area contributed by atoms with Gasteiger partial charge in [-0.15, -0.1) is 0 Å². The number of nitrogens with zero attached hydrogens (tertiary/aromatic N) is 4. The van der Waals surface area contributed by atoms with Gasteiger partial charge in [0.15, 0.2) is 0 Å². The fourth-order valence-corrected chi connectivity index (χ4v) is 3.78. The van der Waals surface area contributed by atoms with Gasteiger partial charge in [0.05, 0.1) is 16.1 Å². The quantitative estimate of drug-likeness (QED) is 0.508. The Morgan fingerprint density at radius 2 is 1.77 bits per heavy atom. The van der Waals surface area contributed by atoms with Gasteiger partial charge in [0.2, 0.25) is 0 Å². The van der Waals surface area contributed by atoms with E-state index >= 15 is 0 Å². The van der Waals surface area contributed by atoms with Crippen LogP contribution >= 0.6 is 11.6 Å². The van der Waals surface area contributed by atoms with Crippen LogP contribution in [0.3, 0.4) is 0 Å². The van der Waals surface area contributed by atoms with E-state index in [-0.39, 0.29) is 5.02 Å². The molecule has 1 aliphatic heterocycles. The monoisotopic (exact) mass is 364 g/mol. The maximum atomic E-state index is 13.6. The maximum Gasteiger partial charge on any atom is 0.141 e. The van der Waals surface area contributed by atoms with Crippen molar-refractivity contribution < 1.29 is 4.39 Å². The Kier molecular flexibility index (Phi) is 3.50. The summed E-state index contributed by atoms with van der Waals surface area (Å²) in [5.74, 6) is -0.426. The first-order chi connectivity index (χ1) is 12.7. The largest absolute Gasteiger partial charge is 0.268 e. The zero-order valence-corrected chi connectivity index (χ0v) is 14.5. The average Bonchev–Trinajstić information content (AvgIpc) is 3.24. The Hall–Kier alpha value is -2.79. The number of aromatic nitrogens is 4. The molecule has 4 nitrogen and oxygen atoms in total. The van der Waals surface area contributed by atoms with Gasteiger partial charge in [-0.1, -0.05) is 17.7 Å². The second-order valence-corrected chi connectivity index (χ2v) is 6.79. The molecule has 2 aromatic carbocycles. The summed E-state index contributed by atoms with van der Waals surface area (Å²) < 4.78 is 15.6. The van der Waals surface area contributed by atoms with Crippen molar-refractivity contribution in [3.8, 4) is 22.4 Å². The molecule has 0 unspecified atom stereocenters. The third kappa shape index (κ3) is 2.39. The second-order valence-electron chi connectivity index (χ2n) is 6.39. The lowest BCUT2D eigenvalue weighted by molar-refractivity contribution is 0.628. The minimum atomic E-state index is -0.426. The Morgan fingerprint density at radius 1 is 0.962 bits per heavy atom. The molecule has 4 aromatic rings. The molecule has 0 bridgehead atoms. The predicted molar refractivity (Wildman–Crippen MR) is 99.5 cm³/mol. The van der Waals surface area contributed by atoms with Crippen molar-refractivity contribution in [3.05, 3.63) is 65.3 Å². The van der Waals surface area contributed by atoms with Crippen LogP contribution in [0.1, 0.15) is 12.1 Å². The molecule has 0 spiro atoms. The summed E-state index contributed by atoms with van der Waals surface area (Å²) in [6.45, 7) is 0.893. The lowest BCUT2D eigenvalue weighted by Crippen LogP contribution is -1.94. The molecule has 6 heteroatoms. The molecule has 0 radical (unpaired) electrons. The number of rotatable bonds is 2. The Morgan fingerprint density at radius 3 is 2.62 bits per heavy atom. The highest BCUT2D eigenvalue weighted by molar-refractivity contribution is 6.31. The van der Waals surface area contributed by atoms with Crippen LogP contribution in [0.25, 0.3) is 33.4 Å². The normalized spacial score (nSPS) is 13.3. The van der Waals surface area contributed by atoms with E-state index in [1.165, 1.54) is 11.8 Å². The molecule has 0 N–H and O–H groups in total. The van der Waals surface area contributed by atoms with Crippen LogP contribution in [0.5, 0.6) is 0 Å². The van der Waals surface area contributed by atoms with Crippen LogP contribution in [0.15, 0.2) is 48.8 Å². The average molecular weight is 365 g/mol.